The van der Waals surface area contributed by atoms with E-state index in [9.17, 15) is 9.59 Å². The molecule has 1 aliphatic rings. The molecule has 0 fully saturated rings. The highest BCUT2D eigenvalue weighted by Gasteiger charge is 2.29. The zero-order chi connectivity index (χ0) is 21.7. The number of amides is 1. The number of aryl methyl sites for hydroxylation is 2. The number of H-pyrrole nitrogens is 1. The number of halogens is 1. The standard InChI is InChI=1S/C23H20ClN5O2/c1-13-9-14(2)27-22(30)17(13)12-28-7-5-15-3-4-16(21(24)20(15)23(28)31)18-10-26-19-11-25-6-8-29(18)19/h3-4,6,8-11H,5,7,12H2,1-2H3,(H,27,30). The molecule has 0 radical (unpaired) electrons. The molecule has 4 aromatic rings. The van der Waals surface area contributed by atoms with Gasteiger partial charge in [0, 0.05) is 35.8 Å². The number of hydrogen-bond donors (Lipinski definition) is 1. The molecule has 1 aliphatic heterocycles. The van der Waals surface area contributed by atoms with E-state index < -0.39 is 0 Å². The van der Waals surface area contributed by atoms with Crippen molar-refractivity contribution in [3.05, 3.63) is 86.3 Å². The summed E-state index contributed by atoms with van der Waals surface area (Å²) in [6.45, 7) is 4.53. The van der Waals surface area contributed by atoms with Crippen LogP contribution in [0.25, 0.3) is 16.9 Å². The number of rotatable bonds is 3. The van der Waals surface area contributed by atoms with Gasteiger partial charge >= 0.3 is 0 Å². The van der Waals surface area contributed by atoms with Crippen molar-refractivity contribution in [2.24, 2.45) is 0 Å². The average Bonchev–Trinajstić information content (AvgIpc) is 3.16. The number of aromatic amines is 1. The number of pyridine rings is 1. The third kappa shape index (κ3) is 3.21. The first-order chi connectivity index (χ1) is 14.9. The van der Waals surface area contributed by atoms with Crippen molar-refractivity contribution in [1.82, 2.24) is 24.3 Å². The molecule has 0 saturated carbocycles. The summed E-state index contributed by atoms with van der Waals surface area (Å²) in [5.41, 5.74) is 5.76. The fraction of sp³-hybridized carbons (Fsp3) is 0.217. The van der Waals surface area contributed by atoms with Crippen LogP contribution >= 0.6 is 11.6 Å². The SMILES string of the molecule is Cc1cc(C)c(CN2CCc3ccc(-c4cnc5cnccn45)c(Cl)c3C2=O)c(=O)[nH]1. The van der Waals surface area contributed by atoms with Crippen molar-refractivity contribution < 1.29 is 4.79 Å². The largest absolute Gasteiger partial charge is 0.334 e. The van der Waals surface area contributed by atoms with Gasteiger partial charge in [-0.25, -0.2) is 4.98 Å². The zero-order valence-electron chi connectivity index (χ0n) is 17.1. The number of hydrogen-bond acceptors (Lipinski definition) is 4. The molecule has 31 heavy (non-hydrogen) atoms. The minimum absolute atomic E-state index is 0.157. The van der Waals surface area contributed by atoms with E-state index in [0.717, 1.165) is 28.1 Å². The Morgan fingerprint density at radius 3 is 2.84 bits per heavy atom. The lowest BCUT2D eigenvalue weighted by atomic mass is 9.95. The van der Waals surface area contributed by atoms with Crippen LogP contribution in [0.1, 0.15) is 32.7 Å². The van der Waals surface area contributed by atoms with Crippen molar-refractivity contribution in [2.75, 3.05) is 6.54 Å². The Labute approximate surface area is 183 Å². The minimum atomic E-state index is -0.164. The van der Waals surface area contributed by atoms with Gasteiger partial charge in [0.2, 0.25) is 0 Å². The average molecular weight is 434 g/mol. The quantitative estimate of drug-likeness (QED) is 0.535. The first kappa shape index (κ1) is 19.5. The number of benzene rings is 1. The number of carbonyl (C=O) groups is 1. The van der Waals surface area contributed by atoms with Gasteiger partial charge in [0.25, 0.3) is 11.5 Å². The predicted molar refractivity (Wildman–Crippen MR) is 118 cm³/mol. The summed E-state index contributed by atoms with van der Waals surface area (Å²) in [5.74, 6) is -0.164. The van der Waals surface area contributed by atoms with E-state index >= 15 is 0 Å². The second-order valence-electron chi connectivity index (χ2n) is 7.83. The maximum Gasteiger partial charge on any atom is 0.255 e. The van der Waals surface area contributed by atoms with Gasteiger partial charge in [-0.2, -0.15) is 0 Å². The maximum atomic E-state index is 13.4. The van der Waals surface area contributed by atoms with Crippen LogP contribution in [0.15, 0.2) is 47.8 Å². The topological polar surface area (TPSA) is 83.4 Å². The summed E-state index contributed by atoms with van der Waals surface area (Å²) in [5, 5.41) is 0.403. The lowest BCUT2D eigenvalue weighted by molar-refractivity contribution is 0.0726. The maximum absolute atomic E-state index is 13.4. The molecule has 5 rings (SSSR count). The van der Waals surface area contributed by atoms with E-state index in [1.54, 1.807) is 23.5 Å². The van der Waals surface area contributed by atoms with Crippen LogP contribution in [0.2, 0.25) is 5.02 Å². The van der Waals surface area contributed by atoms with Crippen molar-refractivity contribution in [2.45, 2.75) is 26.8 Å². The molecular formula is C23H20ClN5O2. The molecular weight excluding hydrogens is 414 g/mol. The highest BCUT2D eigenvalue weighted by atomic mass is 35.5. The van der Waals surface area contributed by atoms with Gasteiger partial charge in [0.15, 0.2) is 5.65 Å². The van der Waals surface area contributed by atoms with Crippen LogP contribution in [-0.4, -0.2) is 36.7 Å². The molecule has 0 bridgehead atoms. The van der Waals surface area contributed by atoms with E-state index in [1.165, 1.54) is 0 Å². The van der Waals surface area contributed by atoms with E-state index in [0.29, 0.717) is 34.8 Å². The normalized spacial score (nSPS) is 13.6. The molecule has 1 aromatic carbocycles. The zero-order valence-corrected chi connectivity index (χ0v) is 17.9. The van der Waals surface area contributed by atoms with Gasteiger partial charge in [-0.1, -0.05) is 23.7 Å². The Morgan fingerprint density at radius 1 is 1.19 bits per heavy atom. The van der Waals surface area contributed by atoms with E-state index in [1.807, 2.05) is 42.6 Å². The van der Waals surface area contributed by atoms with E-state index in [2.05, 4.69) is 15.0 Å². The van der Waals surface area contributed by atoms with Gasteiger partial charge in [0.05, 0.1) is 35.2 Å². The lowest BCUT2D eigenvalue weighted by Crippen LogP contribution is -2.39. The Balaban J connectivity index is 1.55. The number of nitrogens with one attached hydrogen (secondary N) is 1. The molecule has 1 N–H and O–H groups in total. The first-order valence-corrected chi connectivity index (χ1v) is 10.4. The highest BCUT2D eigenvalue weighted by molar-refractivity contribution is 6.36. The highest BCUT2D eigenvalue weighted by Crippen LogP contribution is 2.36. The van der Waals surface area contributed by atoms with Gasteiger partial charge in [0.1, 0.15) is 0 Å². The summed E-state index contributed by atoms with van der Waals surface area (Å²) < 4.78 is 1.89. The van der Waals surface area contributed by atoms with Crippen molar-refractivity contribution in [3.8, 4) is 11.3 Å². The van der Waals surface area contributed by atoms with Gasteiger partial charge in [-0.3, -0.25) is 19.0 Å². The molecule has 0 atom stereocenters. The van der Waals surface area contributed by atoms with Gasteiger partial charge < -0.3 is 9.88 Å². The molecule has 4 heterocycles. The van der Waals surface area contributed by atoms with Crippen LogP contribution in [0.5, 0.6) is 0 Å². The fourth-order valence-electron chi connectivity index (χ4n) is 4.23. The molecule has 156 valence electrons. The summed E-state index contributed by atoms with van der Waals surface area (Å²) in [7, 11) is 0. The number of nitrogens with zero attached hydrogens (tertiary/aromatic N) is 4. The second-order valence-corrected chi connectivity index (χ2v) is 8.21. The van der Waals surface area contributed by atoms with Gasteiger partial charge in [-0.15, -0.1) is 0 Å². The Bertz CT molecular complexity index is 1410. The lowest BCUT2D eigenvalue weighted by Gasteiger charge is -2.30. The van der Waals surface area contributed by atoms with Crippen LogP contribution in [0.4, 0.5) is 0 Å². The number of fused-ring (bicyclic) bond motifs is 2. The molecule has 8 heteroatoms. The van der Waals surface area contributed by atoms with Crippen molar-refractivity contribution >= 4 is 23.2 Å². The summed E-state index contributed by atoms with van der Waals surface area (Å²) >= 11 is 6.79. The van der Waals surface area contributed by atoms with Crippen LogP contribution < -0.4 is 5.56 Å². The molecule has 0 spiro atoms. The van der Waals surface area contributed by atoms with Crippen LogP contribution in [0, 0.1) is 13.8 Å². The van der Waals surface area contributed by atoms with Crippen LogP contribution in [-0.2, 0) is 13.0 Å². The second kappa shape index (κ2) is 7.35. The Kier molecular flexibility index (Phi) is 4.63. The van der Waals surface area contributed by atoms with Gasteiger partial charge in [-0.05, 0) is 37.5 Å². The third-order valence-electron chi connectivity index (χ3n) is 5.82. The predicted octanol–water partition coefficient (Wildman–Crippen LogP) is 3.55. The van der Waals surface area contributed by atoms with E-state index in [4.69, 9.17) is 11.6 Å². The minimum Gasteiger partial charge on any atom is -0.334 e. The molecule has 7 nitrogen and oxygen atoms in total. The monoisotopic (exact) mass is 433 g/mol. The third-order valence-corrected chi connectivity index (χ3v) is 6.21. The summed E-state index contributed by atoms with van der Waals surface area (Å²) in [6, 6.07) is 5.81. The van der Waals surface area contributed by atoms with Crippen LogP contribution in [0.3, 0.4) is 0 Å². The molecule has 0 aliphatic carbocycles. The van der Waals surface area contributed by atoms with Crippen molar-refractivity contribution in [3.63, 3.8) is 0 Å². The molecule has 3 aromatic heterocycles. The Morgan fingerprint density at radius 2 is 2.03 bits per heavy atom. The first-order valence-electron chi connectivity index (χ1n) is 10.0. The number of carbonyl (C=O) groups excluding carboxylic acids is 1. The summed E-state index contributed by atoms with van der Waals surface area (Å²) in [4.78, 5) is 38.9. The fourth-order valence-corrected chi connectivity index (χ4v) is 4.59. The smallest absolute Gasteiger partial charge is 0.255 e. The molecule has 0 saturated heterocycles. The van der Waals surface area contributed by atoms with E-state index in [-0.39, 0.29) is 18.0 Å². The van der Waals surface area contributed by atoms with Crippen molar-refractivity contribution in [1.29, 1.82) is 0 Å². The Hall–Kier alpha value is -3.45. The molecule has 0 unspecified atom stereocenters. The number of aromatic nitrogens is 4. The summed E-state index contributed by atoms with van der Waals surface area (Å²) in [6.07, 6.45) is 7.57. The number of imidazole rings is 1. The molecule has 1 amide bonds.